The van der Waals surface area contributed by atoms with Crippen LogP contribution < -0.4 is 30.2 Å². The highest BCUT2D eigenvalue weighted by Gasteiger charge is 2.35. The number of benzene rings is 2. The van der Waals surface area contributed by atoms with E-state index in [1.165, 1.54) is 20.3 Å². The molecule has 0 aromatic heterocycles. The number of methoxy groups -OCH3 is 2. The maximum Gasteiger partial charge on any atom is 0.253 e. The fourth-order valence-electron chi connectivity index (χ4n) is 2.49. The van der Waals surface area contributed by atoms with Gasteiger partial charge in [0.1, 0.15) is 11.9 Å². The fourth-order valence-corrected chi connectivity index (χ4v) is 3.05. The number of ether oxygens (including phenoxy) is 3. The zero-order valence-corrected chi connectivity index (χ0v) is 20.1. The summed E-state index contributed by atoms with van der Waals surface area (Å²) in [5, 5.41) is 8.52. The van der Waals surface area contributed by atoms with E-state index >= 15 is 0 Å². The van der Waals surface area contributed by atoms with Crippen LogP contribution in [0.2, 0.25) is 0 Å². The van der Waals surface area contributed by atoms with Crippen LogP contribution >= 0.6 is 47.0 Å². The number of carbonyl (C=O) groups excluding carboxylic acids is 1. The minimum atomic E-state index is -1.89. The zero-order chi connectivity index (χ0) is 23.0. The zero-order valence-electron chi connectivity index (χ0n) is 17.0. The molecule has 0 spiro atoms. The van der Waals surface area contributed by atoms with Crippen molar-refractivity contribution in [2.75, 3.05) is 26.1 Å². The Morgan fingerprint density at radius 2 is 1.68 bits per heavy atom. The second-order valence-electron chi connectivity index (χ2n) is 6.07. The van der Waals surface area contributed by atoms with Gasteiger partial charge >= 0.3 is 0 Å². The minimum absolute atomic E-state index is 0.146. The van der Waals surface area contributed by atoms with Crippen molar-refractivity contribution >= 4 is 63.7 Å². The summed E-state index contributed by atoms with van der Waals surface area (Å²) in [6.45, 7) is 2.47. The van der Waals surface area contributed by atoms with Crippen molar-refractivity contribution in [3.05, 3.63) is 48.0 Å². The van der Waals surface area contributed by atoms with Gasteiger partial charge < -0.3 is 30.2 Å². The Bertz CT molecular complexity index is 908. The quantitative estimate of drug-likeness (QED) is 0.276. The van der Waals surface area contributed by atoms with E-state index in [1.54, 1.807) is 36.4 Å². The van der Waals surface area contributed by atoms with Gasteiger partial charge in [-0.05, 0) is 61.6 Å². The van der Waals surface area contributed by atoms with Gasteiger partial charge in [-0.3, -0.25) is 4.79 Å². The van der Waals surface area contributed by atoms with Crippen molar-refractivity contribution in [3.8, 4) is 17.2 Å². The Morgan fingerprint density at radius 3 is 2.23 bits per heavy atom. The van der Waals surface area contributed by atoms with Crippen LogP contribution in [-0.2, 0) is 0 Å². The highest BCUT2D eigenvalue weighted by Crippen LogP contribution is 2.30. The standard InChI is InChI=1S/C20H22Cl3N3O4S/c1-4-30-14-8-6-13(7-9-14)24-19(31)26-18(20(21,22)23)25-17(27)12-5-10-15(28-2)16(11-12)29-3/h5-11,18H,4H2,1-3H3,(H,25,27)(H2,24,26,31)/t18-/m0/s1. The molecule has 2 aromatic carbocycles. The number of carbonyl (C=O) groups is 1. The highest BCUT2D eigenvalue weighted by atomic mass is 35.6. The lowest BCUT2D eigenvalue weighted by atomic mass is 10.2. The topological polar surface area (TPSA) is 80.9 Å². The molecule has 1 atom stereocenters. The van der Waals surface area contributed by atoms with Gasteiger partial charge in [-0.15, -0.1) is 0 Å². The molecule has 0 aliphatic carbocycles. The number of hydrogen-bond donors (Lipinski definition) is 3. The van der Waals surface area contributed by atoms with Crippen LogP contribution in [0.15, 0.2) is 42.5 Å². The molecule has 0 saturated heterocycles. The molecular weight excluding hydrogens is 485 g/mol. The number of rotatable bonds is 8. The Morgan fingerprint density at radius 1 is 1.03 bits per heavy atom. The molecule has 2 rings (SSSR count). The second kappa shape index (κ2) is 11.5. The van der Waals surface area contributed by atoms with Crippen LogP contribution in [0.1, 0.15) is 17.3 Å². The summed E-state index contributed by atoms with van der Waals surface area (Å²) in [6, 6.07) is 11.8. The first-order valence-electron chi connectivity index (χ1n) is 9.08. The number of amides is 1. The molecule has 0 radical (unpaired) electrons. The highest BCUT2D eigenvalue weighted by molar-refractivity contribution is 7.80. The van der Waals surface area contributed by atoms with E-state index in [4.69, 9.17) is 61.2 Å². The van der Waals surface area contributed by atoms with Crippen molar-refractivity contribution in [1.82, 2.24) is 10.6 Å². The molecule has 7 nitrogen and oxygen atoms in total. The number of anilines is 1. The third kappa shape index (κ3) is 7.50. The number of nitrogens with one attached hydrogen (secondary N) is 3. The van der Waals surface area contributed by atoms with E-state index in [2.05, 4.69) is 16.0 Å². The molecule has 0 heterocycles. The maximum absolute atomic E-state index is 12.7. The van der Waals surface area contributed by atoms with Crippen LogP contribution in [0.25, 0.3) is 0 Å². The Balaban J connectivity index is 2.08. The molecule has 11 heteroatoms. The van der Waals surface area contributed by atoms with Crippen LogP contribution in [0.3, 0.4) is 0 Å². The second-order valence-corrected chi connectivity index (χ2v) is 8.85. The van der Waals surface area contributed by atoms with E-state index < -0.39 is 15.9 Å². The van der Waals surface area contributed by atoms with Crippen molar-refractivity contribution in [3.63, 3.8) is 0 Å². The summed E-state index contributed by atoms with van der Waals surface area (Å²) in [7, 11) is 2.97. The summed E-state index contributed by atoms with van der Waals surface area (Å²) in [4.78, 5) is 12.7. The van der Waals surface area contributed by atoms with Crippen molar-refractivity contribution in [1.29, 1.82) is 0 Å². The summed E-state index contributed by atoms with van der Waals surface area (Å²) < 4.78 is 13.9. The molecule has 0 aliphatic heterocycles. The Hall–Kier alpha value is -2.13. The molecule has 0 bridgehead atoms. The summed E-state index contributed by atoms with van der Waals surface area (Å²) >= 11 is 23.4. The van der Waals surface area contributed by atoms with E-state index in [0.717, 1.165) is 5.75 Å². The van der Waals surface area contributed by atoms with Crippen molar-refractivity contribution in [2.24, 2.45) is 0 Å². The van der Waals surface area contributed by atoms with E-state index in [9.17, 15) is 4.79 Å². The third-order valence-corrected chi connectivity index (χ3v) is 4.82. The van der Waals surface area contributed by atoms with E-state index in [1.807, 2.05) is 6.92 Å². The van der Waals surface area contributed by atoms with Gasteiger partial charge in [0.2, 0.25) is 3.79 Å². The average molecular weight is 507 g/mol. The molecule has 2 aromatic rings. The van der Waals surface area contributed by atoms with E-state index in [-0.39, 0.29) is 10.7 Å². The molecular formula is C20H22Cl3N3O4S. The summed E-state index contributed by atoms with van der Waals surface area (Å²) in [5.41, 5.74) is 0.972. The van der Waals surface area contributed by atoms with Crippen LogP contribution in [-0.4, -0.2) is 41.8 Å². The van der Waals surface area contributed by atoms with Gasteiger partial charge in [-0.25, -0.2) is 0 Å². The Kier molecular flexibility index (Phi) is 9.31. The normalized spacial score (nSPS) is 11.8. The summed E-state index contributed by atoms with van der Waals surface area (Å²) in [5.74, 6) is 1.10. The summed E-state index contributed by atoms with van der Waals surface area (Å²) in [6.07, 6.45) is -1.12. The number of thiocarbonyl (C=S) groups is 1. The first-order chi connectivity index (χ1) is 14.7. The minimum Gasteiger partial charge on any atom is -0.494 e. The molecule has 31 heavy (non-hydrogen) atoms. The first-order valence-corrected chi connectivity index (χ1v) is 10.6. The largest absolute Gasteiger partial charge is 0.494 e. The van der Waals surface area contributed by atoms with Crippen LogP contribution in [0, 0.1) is 0 Å². The van der Waals surface area contributed by atoms with E-state index in [0.29, 0.717) is 23.8 Å². The molecule has 1 amide bonds. The first kappa shape index (κ1) is 25.1. The molecule has 0 fully saturated rings. The monoisotopic (exact) mass is 505 g/mol. The fraction of sp³-hybridized carbons (Fsp3) is 0.300. The molecule has 0 aliphatic rings. The molecule has 3 N–H and O–H groups in total. The third-order valence-electron chi connectivity index (χ3n) is 3.95. The number of hydrogen-bond acceptors (Lipinski definition) is 5. The van der Waals surface area contributed by atoms with Gasteiger partial charge in [-0.2, -0.15) is 0 Å². The van der Waals surface area contributed by atoms with Crippen molar-refractivity contribution < 1.29 is 19.0 Å². The SMILES string of the molecule is CCOc1ccc(NC(=S)N[C@H](NC(=O)c2ccc(OC)c(OC)c2)C(Cl)(Cl)Cl)cc1. The number of alkyl halides is 3. The lowest BCUT2D eigenvalue weighted by Crippen LogP contribution is -2.56. The van der Waals surface area contributed by atoms with Crippen LogP contribution in [0.5, 0.6) is 17.2 Å². The maximum atomic E-state index is 12.7. The lowest BCUT2D eigenvalue weighted by Gasteiger charge is -2.28. The predicted molar refractivity (Wildman–Crippen MR) is 128 cm³/mol. The van der Waals surface area contributed by atoms with Gasteiger partial charge in [-0.1, -0.05) is 34.8 Å². The predicted octanol–water partition coefficient (Wildman–Crippen LogP) is 4.52. The molecule has 0 saturated carbocycles. The van der Waals surface area contributed by atoms with Gasteiger partial charge in [0.15, 0.2) is 16.6 Å². The average Bonchev–Trinajstić information content (AvgIpc) is 2.73. The van der Waals surface area contributed by atoms with Crippen molar-refractivity contribution in [2.45, 2.75) is 16.9 Å². The molecule has 0 unspecified atom stereocenters. The smallest absolute Gasteiger partial charge is 0.253 e. The Labute approximate surface area is 201 Å². The lowest BCUT2D eigenvalue weighted by molar-refractivity contribution is 0.0934. The van der Waals surface area contributed by atoms with Gasteiger partial charge in [0.25, 0.3) is 5.91 Å². The number of halogens is 3. The van der Waals surface area contributed by atoms with Gasteiger partial charge in [0.05, 0.1) is 20.8 Å². The van der Waals surface area contributed by atoms with Crippen LogP contribution in [0.4, 0.5) is 5.69 Å². The van der Waals surface area contributed by atoms with Gasteiger partial charge in [0, 0.05) is 11.3 Å². The molecule has 168 valence electrons.